The quantitative estimate of drug-likeness (QED) is 0.788. The predicted molar refractivity (Wildman–Crippen MR) is 56.5 cm³/mol. The molecule has 0 spiro atoms. The zero-order valence-corrected chi connectivity index (χ0v) is 8.70. The lowest BCUT2D eigenvalue weighted by atomic mass is 10.1. The smallest absolute Gasteiger partial charge is 0.252 e. The Balaban J connectivity index is 2.52. The van der Waals surface area contributed by atoms with Crippen LogP contribution >= 0.6 is 0 Å². The summed E-state index contributed by atoms with van der Waals surface area (Å²) < 4.78 is 1.46. The molecule has 0 amide bonds. The summed E-state index contributed by atoms with van der Waals surface area (Å²) in [7, 11) is 0. The van der Waals surface area contributed by atoms with E-state index in [0.717, 1.165) is 5.56 Å². The SMILES string of the molecule is CC(N)c1cccnc1-n1cnc(C#N)n1. The summed E-state index contributed by atoms with van der Waals surface area (Å²) in [5, 5.41) is 12.6. The molecule has 80 valence electrons. The van der Waals surface area contributed by atoms with Crippen molar-refractivity contribution in [2.75, 3.05) is 0 Å². The highest BCUT2D eigenvalue weighted by molar-refractivity contribution is 5.34. The van der Waals surface area contributed by atoms with Gasteiger partial charge in [-0.3, -0.25) is 0 Å². The Morgan fingerprint density at radius 2 is 2.31 bits per heavy atom. The van der Waals surface area contributed by atoms with Crippen LogP contribution in [-0.4, -0.2) is 19.7 Å². The molecule has 0 bridgehead atoms. The van der Waals surface area contributed by atoms with E-state index in [2.05, 4.69) is 15.1 Å². The van der Waals surface area contributed by atoms with Crippen molar-refractivity contribution in [2.24, 2.45) is 5.73 Å². The third kappa shape index (κ3) is 1.76. The maximum Gasteiger partial charge on any atom is 0.252 e. The van der Waals surface area contributed by atoms with Crippen LogP contribution in [-0.2, 0) is 0 Å². The average Bonchev–Trinajstić information content (AvgIpc) is 2.77. The summed E-state index contributed by atoms with van der Waals surface area (Å²) in [6, 6.07) is 5.40. The molecule has 2 N–H and O–H groups in total. The van der Waals surface area contributed by atoms with Crippen LogP contribution < -0.4 is 5.73 Å². The van der Waals surface area contributed by atoms with Crippen molar-refractivity contribution < 1.29 is 0 Å². The van der Waals surface area contributed by atoms with Gasteiger partial charge in [-0.2, -0.15) is 5.26 Å². The first-order chi connectivity index (χ1) is 7.72. The second-order valence-corrected chi connectivity index (χ2v) is 3.33. The zero-order chi connectivity index (χ0) is 11.5. The van der Waals surface area contributed by atoms with Gasteiger partial charge in [-0.1, -0.05) is 6.07 Å². The van der Waals surface area contributed by atoms with E-state index in [1.54, 1.807) is 6.20 Å². The van der Waals surface area contributed by atoms with E-state index < -0.39 is 0 Å². The van der Waals surface area contributed by atoms with Crippen LogP contribution in [0, 0.1) is 11.3 Å². The molecule has 0 aliphatic carbocycles. The van der Waals surface area contributed by atoms with Gasteiger partial charge in [0, 0.05) is 17.8 Å². The molecule has 2 rings (SSSR count). The third-order valence-corrected chi connectivity index (χ3v) is 2.12. The summed E-state index contributed by atoms with van der Waals surface area (Å²) in [6.45, 7) is 1.86. The Labute approximate surface area is 92.4 Å². The first kappa shape index (κ1) is 10.3. The number of nitrogens with zero attached hydrogens (tertiary/aromatic N) is 5. The monoisotopic (exact) mass is 214 g/mol. The van der Waals surface area contributed by atoms with Crippen LogP contribution in [0.5, 0.6) is 0 Å². The molecular weight excluding hydrogens is 204 g/mol. The van der Waals surface area contributed by atoms with E-state index in [4.69, 9.17) is 11.0 Å². The molecular formula is C10H10N6. The summed E-state index contributed by atoms with van der Waals surface area (Å²) in [5.74, 6) is 0.716. The number of pyridine rings is 1. The lowest BCUT2D eigenvalue weighted by molar-refractivity contribution is 0.759. The van der Waals surface area contributed by atoms with Gasteiger partial charge in [-0.05, 0) is 13.0 Å². The van der Waals surface area contributed by atoms with Crippen LogP contribution in [0.4, 0.5) is 0 Å². The number of aromatic nitrogens is 4. The Morgan fingerprint density at radius 1 is 1.50 bits per heavy atom. The van der Waals surface area contributed by atoms with Gasteiger partial charge in [0.1, 0.15) is 12.4 Å². The van der Waals surface area contributed by atoms with Crippen molar-refractivity contribution in [3.63, 3.8) is 0 Å². The van der Waals surface area contributed by atoms with Gasteiger partial charge in [0.25, 0.3) is 5.82 Å². The van der Waals surface area contributed by atoms with Crippen LogP contribution in [0.3, 0.4) is 0 Å². The highest BCUT2D eigenvalue weighted by atomic mass is 15.4. The van der Waals surface area contributed by atoms with Crippen molar-refractivity contribution in [3.05, 3.63) is 36.0 Å². The molecule has 2 aromatic heterocycles. The second kappa shape index (κ2) is 4.08. The van der Waals surface area contributed by atoms with Gasteiger partial charge < -0.3 is 5.73 Å². The topological polar surface area (TPSA) is 93.4 Å². The molecule has 0 saturated carbocycles. The van der Waals surface area contributed by atoms with Gasteiger partial charge in [-0.15, -0.1) is 5.10 Å². The highest BCUT2D eigenvalue weighted by Gasteiger charge is 2.11. The highest BCUT2D eigenvalue weighted by Crippen LogP contribution is 2.16. The molecule has 1 unspecified atom stereocenters. The van der Waals surface area contributed by atoms with Gasteiger partial charge >= 0.3 is 0 Å². The zero-order valence-electron chi connectivity index (χ0n) is 8.70. The van der Waals surface area contributed by atoms with Crippen LogP contribution in [0.1, 0.15) is 24.4 Å². The van der Waals surface area contributed by atoms with Gasteiger partial charge in [-0.25, -0.2) is 14.6 Å². The van der Waals surface area contributed by atoms with E-state index >= 15 is 0 Å². The molecule has 0 fully saturated rings. The Hall–Kier alpha value is -2.26. The van der Waals surface area contributed by atoms with Crippen LogP contribution in [0.25, 0.3) is 5.82 Å². The van der Waals surface area contributed by atoms with Gasteiger partial charge in [0.2, 0.25) is 0 Å². The minimum absolute atomic E-state index is 0.112. The molecule has 0 aliphatic heterocycles. The number of nitrogens with two attached hydrogens (primary N) is 1. The number of hydrogen-bond acceptors (Lipinski definition) is 5. The van der Waals surface area contributed by atoms with Crippen LogP contribution in [0.15, 0.2) is 24.7 Å². The normalized spacial score (nSPS) is 12.1. The van der Waals surface area contributed by atoms with Crippen molar-refractivity contribution in [1.29, 1.82) is 5.26 Å². The second-order valence-electron chi connectivity index (χ2n) is 3.33. The first-order valence-corrected chi connectivity index (χ1v) is 4.75. The van der Waals surface area contributed by atoms with E-state index in [0.29, 0.717) is 5.82 Å². The van der Waals surface area contributed by atoms with E-state index in [-0.39, 0.29) is 11.9 Å². The molecule has 0 aromatic carbocycles. The third-order valence-electron chi connectivity index (χ3n) is 2.12. The fraction of sp³-hybridized carbons (Fsp3) is 0.200. The first-order valence-electron chi connectivity index (χ1n) is 4.75. The molecule has 0 saturated heterocycles. The Morgan fingerprint density at radius 3 is 2.94 bits per heavy atom. The lowest BCUT2D eigenvalue weighted by Gasteiger charge is -2.09. The predicted octanol–water partition coefficient (Wildman–Crippen LogP) is 0.554. The van der Waals surface area contributed by atoms with E-state index in [1.807, 2.05) is 25.1 Å². The summed E-state index contributed by atoms with van der Waals surface area (Å²) >= 11 is 0. The molecule has 2 heterocycles. The van der Waals surface area contributed by atoms with E-state index in [9.17, 15) is 0 Å². The minimum atomic E-state index is -0.154. The van der Waals surface area contributed by atoms with E-state index in [1.165, 1.54) is 11.0 Å². The largest absolute Gasteiger partial charge is 0.324 e. The van der Waals surface area contributed by atoms with Crippen LogP contribution in [0.2, 0.25) is 0 Å². The number of rotatable bonds is 2. The van der Waals surface area contributed by atoms with Gasteiger partial charge in [0.05, 0.1) is 0 Å². The van der Waals surface area contributed by atoms with Crippen molar-refractivity contribution in [1.82, 2.24) is 19.7 Å². The summed E-state index contributed by atoms with van der Waals surface area (Å²) in [5.41, 5.74) is 6.68. The van der Waals surface area contributed by atoms with Gasteiger partial charge in [0.15, 0.2) is 5.82 Å². The standard InChI is InChI=1S/C10H10N6/c1-7(12)8-3-2-4-13-10(8)16-6-14-9(5-11)15-16/h2-4,6-7H,12H2,1H3. The molecule has 2 aromatic rings. The molecule has 16 heavy (non-hydrogen) atoms. The maximum absolute atomic E-state index is 8.64. The fourth-order valence-corrected chi connectivity index (χ4v) is 1.37. The lowest BCUT2D eigenvalue weighted by Crippen LogP contribution is -2.11. The molecule has 1 atom stereocenters. The minimum Gasteiger partial charge on any atom is -0.324 e. The fourth-order valence-electron chi connectivity index (χ4n) is 1.37. The summed E-state index contributed by atoms with van der Waals surface area (Å²) in [6.07, 6.45) is 3.10. The molecule has 6 heteroatoms. The number of nitriles is 1. The number of hydrogen-bond donors (Lipinski definition) is 1. The van der Waals surface area contributed by atoms with Crippen molar-refractivity contribution in [3.8, 4) is 11.9 Å². The molecule has 0 radical (unpaired) electrons. The molecule has 0 aliphatic rings. The summed E-state index contributed by atoms with van der Waals surface area (Å²) in [4.78, 5) is 8.01. The van der Waals surface area contributed by atoms with Crippen molar-refractivity contribution >= 4 is 0 Å². The Kier molecular flexibility index (Phi) is 2.62. The van der Waals surface area contributed by atoms with Crippen molar-refractivity contribution in [2.45, 2.75) is 13.0 Å². The maximum atomic E-state index is 8.64. The molecule has 6 nitrogen and oxygen atoms in total. The Bertz CT molecular complexity index is 536. The average molecular weight is 214 g/mol.